The zero-order valence-electron chi connectivity index (χ0n) is 7.71. The molecule has 0 aliphatic carbocycles. The zero-order valence-corrected chi connectivity index (χ0v) is 7.71. The van der Waals surface area contributed by atoms with Crippen LogP contribution in [0.1, 0.15) is 6.42 Å². The number of carbonyl (C=O) groups excluding carboxylic acids is 1. The molecule has 0 aliphatic rings. The summed E-state index contributed by atoms with van der Waals surface area (Å²) in [5.41, 5.74) is 0. The van der Waals surface area contributed by atoms with Crippen LogP contribution in [0.15, 0.2) is 0 Å². The van der Waals surface area contributed by atoms with E-state index >= 15 is 0 Å². The fourth-order valence-corrected chi connectivity index (χ4v) is 0.655. The summed E-state index contributed by atoms with van der Waals surface area (Å²) >= 11 is 0. The molecule has 0 N–H and O–H groups in total. The Morgan fingerprint density at radius 1 is 1.33 bits per heavy atom. The second kappa shape index (κ2) is 8.49. The van der Waals surface area contributed by atoms with Crippen molar-refractivity contribution < 1.29 is 14.3 Å². The van der Waals surface area contributed by atoms with Crippen molar-refractivity contribution in [3.05, 3.63) is 0 Å². The maximum Gasteiger partial charge on any atom is 0.311 e. The molecule has 0 rings (SSSR count). The molecule has 1 radical (unpaired) electrons. The van der Waals surface area contributed by atoms with Gasteiger partial charge in [0.05, 0.1) is 6.61 Å². The van der Waals surface area contributed by atoms with Crippen molar-refractivity contribution in [2.24, 2.45) is 0 Å². The molecular weight excluding hydrogens is 158 g/mol. The Labute approximate surface area is 73.4 Å². The van der Waals surface area contributed by atoms with Gasteiger partial charge in [-0.05, 0) is 6.42 Å². The van der Waals surface area contributed by atoms with Gasteiger partial charge >= 0.3 is 6.41 Å². The van der Waals surface area contributed by atoms with Gasteiger partial charge in [-0.15, -0.1) is 0 Å². The number of nitrogens with zero attached hydrogens (tertiary/aromatic N) is 1. The van der Waals surface area contributed by atoms with E-state index in [-0.39, 0.29) is 0 Å². The van der Waals surface area contributed by atoms with Crippen LogP contribution in [0.2, 0.25) is 0 Å². The summed E-state index contributed by atoms with van der Waals surface area (Å²) in [6.07, 6.45) is 2.64. The molecule has 71 valence electrons. The third kappa shape index (κ3) is 7.50. The van der Waals surface area contributed by atoms with Gasteiger partial charge in [0.15, 0.2) is 0 Å². The van der Waals surface area contributed by atoms with Crippen LogP contribution in [0.25, 0.3) is 0 Å². The highest BCUT2D eigenvalue weighted by Crippen LogP contribution is 1.84. The minimum atomic E-state index is 0.565. The molecule has 0 heterocycles. The molecule has 0 saturated heterocycles. The van der Waals surface area contributed by atoms with Crippen molar-refractivity contribution >= 4 is 6.41 Å². The summed E-state index contributed by atoms with van der Waals surface area (Å²) in [5, 5.41) is 0. The Morgan fingerprint density at radius 3 is 2.67 bits per heavy atom. The predicted octanol–water partition coefficient (Wildman–Crippen LogP) is 0.0385. The highest BCUT2D eigenvalue weighted by Gasteiger charge is 1.93. The van der Waals surface area contributed by atoms with E-state index in [4.69, 9.17) is 9.47 Å². The quantitative estimate of drug-likeness (QED) is 0.385. The zero-order chi connectivity index (χ0) is 9.23. The minimum absolute atomic E-state index is 0.565. The van der Waals surface area contributed by atoms with Crippen LogP contribution < -0.4 is 0 Å². The lowest BCUT2D eigenvalue weighted by Gasteiger charge is -2.08. The Hall–Kier alpha value is -0.610. The molecule has 12 heavy (non-hydrogen) atoms. The fourth-order valence-electron chi connectivity index (χ4n) is 0.655. The highest BCUT2D eigenvalue weighted by molar-refractivity contribution is 5.47. The van der Waals surface area contributed by atoms with E-state index in [2.05, 4.69) is 0 Å². The monoisotopic (exact) mass is 174 g/mol. The summed E-state index contributed by atoms with van der Waals surface area (Å²) in [5.74, 6) is 0. The van der Waals surface area contributed by atoms with Crippen LogP contribution in [0.4, 0.5) is 0 Å². The molecule has 0 bridgehead atoms. The Morgan fingerprint density at radius 2 is 2.08 bits per heavy atom. The number of hydrogen-bond donors (Lipinski definition) is 0. The lowest BCUT2D eigenvalue weighted by molar-refractivity contribution is 0.0967. The number of amides is 1. The molecular formula is C8H16NO3. The standard InChI is InChI=1S/C8H16NO3/c1-9(8-10)4-7-12-6-3-5-11-2/h3-7H2,1-2H3. The number of hydrogen-bond acceptors (Lipinski definition) is 3. The average molecular weight is 174 g/mol. The number of methoxy groups -OCH3 is 1. The Kier molecular flexibility index (Phi) is 8.05. The maximum absolute atomic E-state index is 10.00. The summed E-state index contributed by atoms with van der Waals surface area (Å²) in [7, 11) is 3.33. The largest absolute Gasteiger partial charge is 0.385 e. The third-order valence-corrected chi connectivity index (χ3v) is 1.36. The van der Waals surface area contributed by atoms with E-state index in [0.29, 0.717) is 19.8 Å². The van der Waals surface area contributed by atoms with Crippen molar-refractivity contribution in [3.63, 3.8) is 0 Å². The summed E-state index contributed by atoms with van der Waals surface area (Å²) in [4.78, 5) is 11.4. The van der Waals surface area contributed by atoms with Crippen LogP contribution in [-0.4, -0.2) is 51.8 Å². The molecule has 0 fully saturated rings. The van der Waals surface area contributed by atoms with Gasteiger partial charge in [-0.2, -0.15) is 0 Å². The van der Waals surface area contributed by atoms with Crippen LogP contribution in [0.5, 0.6) is 0 Å². The summed E-state index contributed by atoms with van der Waals surface area (Å²) in [6.45, 7) is 2.56. The van der Waals surface area contributed by atoms with E-state index in [1.165, 1.54) is 4.90 Å². The van der Waals surface area contributed by atoms with Gasteiger partial charge in [0.25, 0.3) is 0 Å². The van der Waals surface area contributed by atoms with Crippen LogP contribution in [0, 0.1) is 0 Å². The highest BCUT2D eigenvalue weighted by atomic mass is 16.5. The molecule has 0 aromatic heterocycles. The SMILES string of the molecule is COCCCOCCN(C)[C]=O. The topological polar surface area (TPSA) is 38.8 Å². The lowest BCUT2D eigenvalue weighted by Crippen LogP contribution is -2.21. The second-order valence-corrected chi connectivity index (χ2v) is 2.47. The first-order chi connectivity index (χ1) is 5.81. The van der Waals surface area contributed by atoms with Crippen molar-refractivity contribution in [2.45, 2.75) is 6.42 Å². The van der Waals surface area contributed by atoms with Gasteiger partial charge in [0, 0.05) is 33.9 Å². The first-order valence-corrected chi connectivity index (χ1v) is 3.97. The molecule has 0 unspecified atom stereocenters. The molecule has 0 spiro atoms. The summed E-state index contributed by atoms with van der Waals surface area (Å²) in [6, 6.07) is 0. The van der Waals surface area contributed by atoms with Gasteiger partial charge in [-0.1, -0.05) is 0 Å². The Balaban J connectivity index is 2.95. The van der Waals surface area contributed by atoms with E-state index in [1.54, 1.807) is 20.6 Å². The second-order valence-electron chi connectivity index (χ2n) is 2.47. The molecule has 0 atom stereocenters. The van der Waals surface area contributed by atoms with Crippen molar-refractivity contribution in [1.29, 1.82) is 0 Å². The van der Waals surface area contributed by atoms with Crippen molar-refractivity contribution in [3.8, 4) is 0 Å². The van der Waals surface area contributed by atoms with Gasteiger partial charge in [-0.3, -0.25) is 4.79 Å². The smallest absolute Gasteiger partial charge is 0.311 e. The lowest BCUT2D eigenvalue weighted by atomic mass is 10.5. The normalized spacial score (nSPS) is 9.83. The van der Waals surface area contributed by atoms with Gasteiger partial charge in [0.2, 0.25) is 0 Å². The molecule has 1 amide bonds. The van der Waals surface area contributed by atoms with Crippen LogP contribution >= 0.6 is 0 Å². The van der Waals surface area contributed by atoms with Gasteiger partial charge in [-0.25, -0.2) is 0 Å². The molecule has 0 aliphatic heterocycles. The molecule has 0 saturated carbocycles. The van der Waals surface area contributed by atoms with Crippen LogP contribution in [0.3, 0.4) is 0 Å². The summed E-state index contributed by atoms with van der Waals surface area (Å²) < 4.78 is 10.0. The molecule has 4 heteroatoms. The van der Waals surface area contributed by atoms with Crippen molar-refractivity contribution in [2.75, 3.05) is 40.5 Å². The fraction of sp³-hybridized carbons (Fsp3) is 0.875. The first-order valence-electron chi connectivity index (χ1n) is 3.97. The predicted molar refractivity (Wildman–Crippen MR) is 45.6 cm³/mol. The molecule has 0 aromatic carbocycles. The third-order valence-electron chi connectivity index (χ3n) is 1.36. The number of likely N-dealkylation sites (N-methyl/N-ethyl adjacent to an activating group) is 1. The van der Waals surface area contributed by atoms with E-state index in [1.807, 2.05) is 0 Å². The molecule has 0 aromatic rings. The molecule has 4 nitrogen and oxygen atoms in total. The minimum Gasteiger partial charge on any atom is -0.385 e. The maximum atomic E-state index is 10.00. The van der Waals surface area contributed by atoms with Gasteiger partial charge in [0.1, 0.15) is 0 Å². The van der Waals surface area contributed by atoms with Gasteiger partial charge < -0.3 is 14.4 Å². The van der Waals surface area contributed by atoms with E-state index in [9.17, 15) is 4.79 Å². The number of ether oxygens (including phenoxy) is 2. The number of rotatable bonds is 8. The van der Waals surface area contributed by atoms with E-state index < -0.39 is 0 Å². The average Bonchev–Trinajstić information content (AvgIpc) is 2.10. The Bertz CT molecular complexity index is 108. The van der Waals surface area contributed by atoms with Crippen LogP contribution in [-0.2, 0) is 14.3 Å². The van der Waals surface area contributed by atoms with Crippen molar-refractivity contribution in [1.82, 2.24) is 4.90 Å². The first kappa shape index (κ1) is 11.4. The van der Waals surface area contributed by atoms with E-state index in [0.717, 1.165) is 13.0 Å².